The summed E-state index contributed by atoms with van der Waals surface area (Å²) in [4.78, 5) is 12.8. The van der Waals surface area contributed by atoms with Gasteiger partial charge in [-0.15, -0.1) is 0 Å². The molecule has 9 nitrogen and oxygen atoms in total. The molecule has 2 aromatic rings. The average Bonchev–Trinajstić information content (AvgIpc) is 2.90. The molecule has 0 radical (unpaired) electrons. The highest BCUT2D eigenvalue weighted by Gasteiger charge is 2.05. The van der Waals surface area contributed by atoms with Crippen molar-refractivity contribution < 1.29 is 4.74 Å². The quantitative estimate of drug-likeness (QED) is 0.463. The minimum atomic E-state index is 0.350. The highest BCUT2D eigenvalue weighted by Crippen LogP contribution is 2.11. The number of anilines is 2. The van der Waals surface area contributed by atoms with Crippen LogP contribution in [0.15, 0.2) is 12.4 Å². The molecule has 2 aromatic heterocycles. The molecule has 0 aliphatic carbocycles. The van der Waals surface area contributed by atoms with Crippen molar-refractivity contribution in [2.75, 3.05) is 23.9 Å². The third-order valence-electron chi connectivity index (χ3n) is 2.66. The summed E-state index contributed by atoms with van der Waals surface area (Å²) in [5.41, 5.74) is 2.52. The third-order valence-corrected chi connectivity index (χ3v) is 2.66. The van der Waals surface area contributed by atoms with E-state index in [1.165, 1.54) is 0 Å². The van der Waals surface area contributed by atoms with Crippen LogP contribution in [0, 0.1) is 0 Å². The van der Waals surface area contributed by atoms with Gasteiger partial charge in [0.1, 0.15) is 24.6 Å². The summed E-state index contributed by atoms with van der Waals surface area (Å²) in [5, 5.41) is 7.42. The van der Waals surface area contributed by atoms with Crippen LogP contribution in [-0.4, -0.2) is 37.9 Å². The van der Waals surface area contributed by atoms with Crippen molar-refractivity contribution in [1.82, 2.24) is 24.7 Å². The number of nitrogens with one attached hydrogen (secondary N) is 2. The minimum absolute atomic E-state index is 0.350. The smallest absolute Gasteiger partial charge is 0.158 e. The SMILES string of the molecule is CCOCc1nc(NN)cc(NCCc2ncn(C)n2)n1. The van der Waals surface area contributed by atoms with Gasteiger partial charge in [0.05, 0.1) is 0 Å². The normalized spacial score (nSPS) is 10.6. The van der Waals surface area contributed by atoms with E-state index in [1.54, 1.807) is 17.1 Å². The van der Waals surface area contributed by atoms with Crippen LogP contribution in [0.2, 0.25) is 0 Å². The lowest BCUT2D eigenvalue weighted by molar-refractivity contribution is 0.128. The summed E-state index contributed by atoms with van der Waals surface area (Å²) < 4.78 is 6.98. The maximum absolute atomic E-state index is 5.41. The first-order valence-corrected chi connectivity index (χ1v) is 6.72. The van der Waals surface area contributed by atoms with Crippen LogP contribution in [0.5, 0.6) is 0 Å². The average molecular weight is 292 g/mol. The van der Waals surface area contributed by atoms with Crippen molar-refractivity contribution in [2.24, 2.45) is 12.9 Å². The largest absolute Gasteiger partial charge is 0.374 e. The van der Waals surface area contributed by atoms with E-state index in [0.717, 1.165) is 5.82 Å². The molecule has 0 aromatic carbocycles. The highest BCUT2D eigenvalue weighted by atomic mass is 16.5. The van der Waals surface area contributed by atoms with Gasteiger partial charge in [-0.3, -0.25) is 4.68 Å². The molecule has 9 heteroatoms. The van der Waals surface area contributed by atoms with Crippen molar-refractivity contribution in [2.45, 2.75) is 20.0 Å². The van der Waals surface area contributed by atoms with Crippen LogP contribution >= 0.6 is 0 Å². The number of nitrogen functional groups attached to an aromatic ring is 1. The van der Waals surface area contributed by atoms with E-state index in [2.05, 4.69) is 30.8 Å². The second-order valence-electron chi connectivity index (χ2n) is 4.35. The van der Waals surface area contributed by atoms with E-state index in [0.29, 0.717) is 43.6 Å². The molecule has 0 saturated carbocycles. The van der Waals surface area contributed by atoms with E-state index in [-0.39, 0.29) is 0 Å². The van der Waals surface area contributed by atoms with Gasteiger partial charge in [-0.05, 0) is 6.92 Å². The Balaban J connectivity index is 1.94. The van der Waals surface area contributed by atoms with Gasteiger partial charge in [-0.2, -0.15) is 5.10 Å². The summed E-state index contributed by atoms with van der Waals surface area (Å²) in [5.74, 6) is 7.99. The predicted molar refractivity (Wildman–Crippen MR) is 78.4 cm³/mol. The summed E-state index contributed by atoms with van der Waals surface area (Å²) in [6.45, 7) is 3.55. The van der Waals surface area contributed by atoms with Crippen molar-refractivity contribution in [3.63, 3.8) is 0 Å². The molecule has 0 bridgehead atoms. The standard InChI is InChI=1S/C12H20N8O/c1-3-21-7-12-16-10(6-11(17-12)18-13)14-5-4-9-15-8-20(2)19-9/h6,8H,3-5,7,13H2,1-2H3,(H2,14,16,17,18). The topological polar surface area (TPSA) is 116 Å². The van der Waals surface area contributed by atoms with Crippen LogP contribution in [0.4, 0.5) is 11.6 Å². The van der Waals surface area contributed by atoms with E-state index >= 15 is 0 Å². The zero-order valence-corrected chi connectivity index (χ0v) is 12.2. The monoisotopic (exact) mass is 292 g/mol. The summed E-state index contributed by atoms with van der Waals surface area (Å²) in [7, 11) is 1.84. The second kappa shape index (κ2) is 7.50. The Morgan fingerprint density at radius 3 is 2.76 bits per heavy atom. The third kappa shape index (κ3) is 4.65. The number of aromatic nitrogens is 5. The van der Waals surface area contributed by atoms with E-state index in [9.17, 15) is 0 Å². The number of hydrazine groups is 1. The second-order valence-corrected chi connectivity index (χ2v) is 4.35. The molecule has 2 heterocycles. The molecule has 2 rings (SSSR count). The first-order chi connectivity index (χ1) is 10.2. The van der Waals surface area contributed by atoms with Gasteiger partial charge < -0.3 is 15.5 Å². The van der Waals surface area contributed by atoms with Gasteiger partial charge in [0.25, 0.3) is 0 Å². The molecule has 0 aliphatic heterocycles. The fraction of sp³-hybridized carbons (Fsp3) is 0.500. The molecule has 0 saturated heterocycles. The number of nitrogens with two attached hydrogens (primary N) is 1. The molecule has 0 atom stereocenters. The molecule has 4 N–H and O–H groups in total. The Kier molecular flexibility index (Phi) is 5.41. The van der Waals surface area contributed by atoms with Gasteiger partial charge >= 0.3 is 0 Å². The molecule has 114 valence electrons. The number of hydrogen-bond donors (Lipinski definition) is 3. The molecule has 0 unspecified atom stereocenters. The lowest BCUT2D eigenvalue weighted by Gasteiger charge is -2.09. The summed E-state index contributed by atoms with van der Waals surface area (Å²) >= 11 is 0. The van der Waals surface area contributed by atoms with Crippen molar-refractivity contribution in [1.29, 1.82) is 0 Å². The van der Waals surface area contributed by atoms with Gasteiger partial charge in [-0.1, -0.05) is 0 Å². The van der Waals surface area contributed by atoms with Crippen molar-refractivity contribution >= 4 is 11.6 Å². The minimum Gasteiger partial charge on any atom is -0.374 e. The zero-order chi connectivity index (χ0) is 15.1. The number of ether oxygens (including phenoxy) is 1. The maximum Gasteiger partial charge on any atom is 0.158 e. The lowest BCUT2D eigenvalue weighted by Crippen LogP contribution is -2.14. The Morgan fingerprint density at radius 1 is 1.29 bits per heavy atom. The molecule has 0 fully saturated rings. The van der Waals surface area contributed by atoms with Gasteiger partial charge in [0.15, 0.2) is 11.6 Å². The van der Waals surface area contributed by atoms with E-state index in [4.69, 9.17) is 10.6 Å². The fourth-order valence-corrected chi connectivity index (χ4v) is 1.72. The van der Waals surface area contributed by atoms with Crippen LogP contribution in [-0.2, 0) is 24.8 Å². The van der Waals surface area contributed by atoms with Gasteiger partial charge in [-0.25, -0.2) is 20.8 Å². The number of hydrogen-bond acceptors (Lipinski definition) is 8. The summed E-state index contributed by atoms with van der Waals surface area (Å²) in [6.07, 6.45) is 2.38. The van der Waals surface area contributed by atoms with Gasteiger partial charge in [0.2, 0.25) is 0 Å². The first-order valence-electron chi connectivity index (χ1n) is 6.72. The molecular formula is C12H20N8O. The Morgan fingerprint density at radius 2 is 2.10 bits per heavy atom. The molecule has 0 spiro atoms. The Bertz CT molecular complexity index is 570. The summed E-state index contributed by atoms with van der Waals surface area (Å²) in [6, 6.07) is 1.74. The maximum atomic E-state index is 5.41. The van der Waals surface area contributed by atoms with Crippen molar-refractivity contribution in [3.05, 3.63) is 24.0 Å². The predicted octanol–water partition coefficient (Wildman–Crippen LogP) is 0.0818. The van der Waals surface area contributed by atoms with E-state index in [1.807, 2.05) is 14.0 Å². The highest BCUT2D eigenvalue weighted by molar-refractivity contribution is 5.46. The van der Waals surface area contributed by atoms with E-state index < -0.39 is 0 Å². The van der Waals surface area contributed by atoms with Gasteiger partial charge in [0, 0.05) is 32.7 Å². The van der Waals surface area contributed by atoms with Crippen LogP contribution in [0.25, 0.3) is 0 Å². The molecular weight excluding hydrogens is 272 g/mol. The number of rotatable bonds is 8. The fourth-order valence-electron chi connectivity index (χ4n) is 1.72. The lowest BCUT2D eigenvalue weighted by atomic mass is 10.4. The molecule has 0 amide bonds. The Labute approximate surface area is 122 Å². The van der Waals surface area contributed by atoms with Crippen LogP contribution in [0.1, 0.15) is 18.6 Å². The number of aryl methyl sites for hydroxylation is 1. The Hall–Kier alpha value is -2.26. The molecule has 0 aliphatic rings. The van der Waals surface area contributed by atoms with Crippen molar-refractivity contribution in [3.8, 4) is 0 Å². The number of nitrogens with zero attached hydrogens (tertiary/aromatic N) is 5. The van der Waals surface area contributed by atoms with Crippen LogP contribution in [0.3, 0.4) is 0 Å². The zero-order valence-electron chi connectivity index (χ0n) is 12.2. The molecule has 21 heavy (non-hydrogen) atoms. The van der Waals surface area contributed by atoms with Crippen LogP contribution < -0.4 is 16.6 Å². The first kappa shape index (κ1) is 15.1.